The van der Waals surface area contributed by atoms with Crippen molar-refractivity contribution in [1.82, 2.24) is 4.90 Å². The maximum absolute atomic E-state index is 13.0. The molecule has 2 fully saturated rings. The van der Waals surface area contributed by atoms with Crippen LogP contribution in [0.5, 0.6) is 0 Å². The molecule has 0 aromatic heterocycles. The van der Waals surface area contributed by atoms with Crippen LogP contribution in [0.1, 0.15) is 31.7 Å². The first-order valence-corrected chi connectivity index (χ1v) is 8.50. The summed E-state index contributed by atoms with van der Waals surface area (Å²) in [4.78, 5) is 26.1. The lowest BCUT2D eigenvalue weighted by atomic mass is 9.87. The minimum atomic E-state index is -0.795. The van der Waals surface area contributed by atoms with E-state index in [1.54, 1.807) is 4.90 Å². The minimum Gasteiger partial charge on any atom is -0.481 e. The predicted molar refractivity (Wildman–Crippen MR) is 86.5 cm³/mol. The fraction of sp³-hybridized carbons (Fsp3) is 0.529. The van der Waals surface area contributed by atoms with E-state index in [1.807, 2.05) is 31.2 Å². The molecule has 2 atom stereocenters. The first-order valence-electron chi connectivity index (χ1n) is 7.70. The molecule has 2 unspecified atom stereocenters. The third-order valence-corrected chi connectivity index (χ3v) is 5.33. The van der Waals surface area contributed by atoms with Gasteiger partial charge in [0, 0.05) is 17.6 Å². The van der Waals surface area contributed by atoms with Crippen LogP contribution < -0.4 is 0 Å². The van der Waals surface area contributed by atoms with Gasteiger partial charge in [-0.1, -0.05) is 35.0 Å². The van der Waals surface area contributed by atoms with E-state index in [0.29, 0.717) is 19.5 Å². The number of benzene rings is 1. The highest BCUT2D eigenvalue weighted by atomic mass is 79.9. The Labute approximate surface area is 138 Å². The van der Waals surface area contributed by atoms with Gasteiger partial charge in [0.15, 0.2) is 0 Å². The van der Waals surface area contributed by atoms with Gasteiger partial charge in [-0.15, -0.1) is 0 Å². The van der Waals surface area contributed by atoms with Crippen LogP contribution in [0.3, 0.4) is 0 Å². The molecular formula is C17H20BrNO3. The Morgan fingerprint density at radius 3 is 2.64 bits per heavy atom. The average molecular weight is 366 g/mol. The number of hydrogen-bond donors (Lipinski definition) is 1. The predicted octanol–water partition coefficient (Wildman–Crippen LogP) is 3.05. The largest absolute Gasteiger partial charge is 0.481 e. The lowest BCUT2D eigenvalue weighted by molar-refractivity contribution is -0.147. The number of nitrogens with zero attached hydrogens (tertiary/aromatic N) is 1. The van der Waals surface area contributed by atoms with Crippen molar-refractivity contribution in [3.8, 4) is 0 Å². The van der Waals surface area contributed by atoms with Gasteiger partial charge in [0.25, 0.3) is 0 Å². The van der Waals surface area contributed by atoms with Crippen molar-refractivity contribution in [2.45, 2.75) is 31.6 Å². The van der Waals surface area contributed by atoms with Crippen LogP contribution in [0, 0.1) is 11.8 Å². The van der Waals surface area contributed by atoms with Gasteiger partial charge in [-0.05, 0) is 42.9 Å². The Kier molecular flexibility index (Phi) is 4.02. The normalized spacial score (nSPS) is 26.5. The highest BCUT2D eigenvalue weighted by molar-refractivity contribution is 9.10. The van der Waals surface area contributed by atoms with E-state index < -0.39 is 17.3 Å². The fourth-order valence-electron chi connectivity index (χ4n) is 3.54. The molecule has 1 aromatic carbocycles. The molecule has 4 nitrogen and oxygen atoms in total. The standard InChI is InChI=1S/C17H20BrNO3/c1-11-7-12(15(20)21)10-19(9-11)16(22)17(5-6-17)13-3-2-4-14(18)8-13/h2-4,8,11-12H,5-7,9-10H2,1H3,(H,20,21). The van der Waals surface area contributed by atoms with Gasteiger partial charge < -0.3 is 10.0 Å². The number of halogens is 1. The number of likely N-dealkylation sites (tertiary alicyclic amines) is 1. The molecule has 3 rings (SSSR count). The van der Waals surface area contributed by atoms with Crippen LogP contribution in [-0.4, -0.2) is 35.0 Å². The summed E-state index contributed by atoms with van der Waals surface area (Å²) < 4.78 is 0.972. The first kappa shape index (κ1) is 15.5. The molecule has 0 radical (unpaired) electrons. The molecule has 1 saturated heterocycles. The number of amides is 1. The van der Waals surface area contributed by atoms with Crippen molar-refractivity contribution in [2.24, 2.45) is 11.8 Å². The van der Waals surface area contributed by atoms with Crippen LogP contribution >= 0.6 is 15.9 Å². The average Bonchev–Trinajstić information content (AvgIpc) is 3.27. The van der Waals surface area contributed by atoms with Crippen molar-refractivity contribution < 1.29 is 14.7 Å². The van der Waals surface area contributed by atoms with Crippen molar-refractivity contribution in [3.63, 3.8) is 0 Å². The van der Waals surface area contributed by atoms with Crippen LogP contribution in [-0.2, 0) is 15.0 Å². The fourth-order valence-corrected chi connectivity index (χ4v) is 3.94. The molecule has 1 N–H and O–H groups in total. The molecule has 1 amide bonds. The van der Waals surface area contributed by atoms with Crippen molar-refractivity contribution in [3.05, 3.63) is 34.3 Å². The number of carboxylic acid groups (broad SMARTS) is 1. The minimum absolute atomic E-state index is 0.100. The number of piperidine rings is 1. The Hall–Kier alpha value is -1.36. The zero-order valence-corrected chi connectivity index (χ0v) is 14.2. The van der Waals surface area contributed by atoms with Gasteiger partial charge >= 0.3 is 5.97 Å². The van der Waals surface area contributed by atoms with Gasteiger partial charge in [0.2, 0.25) is 5.91 Å². The van der Waals surface area contributed by atoms with Gasteiger partial charge in [-0.3, -0.25) is 9.59 Å². The van der Waals surface area contributed by atoms with E-state index in [-0.39, 0.29) is 11.8 Å². The van der Waals surface area contributed by atoms with Crippen LogP contribution in [0.25, 0.3) is 0 Å². The van der Waals surface area contributed by atoms with E-state index in [2.05, 4.69) is 15.9 Å². The van der Waals surface area contributed by atoms with Crippen molar-refractivity contribution in [2.75, 3.05) is 13.1 Å². The summed E-state index contributed by atoms with van der Waals surface area (Å²) >= 11 is 3.46. The topological polar surface area (TPSA) is 57.6 Å². The zero-order valence-electron chi connectivity index (χ0n) is 12.6. The molecule has 2 aliphatic rings. The third-order valence-electron chi connectivity index (χ3n) is 4.83. The molecule has 5 heteroatoms. The number of rotatable bonds is 3. The summed E-state index contributed by atoms with van der Waals surface area (Å²) in [5, 5.41) is 9.28. The molecule has 118 valence electrons. The molecule has 1 aromatic rings. The zero-order chi connectivity index (χ0) is 15.9. The SMILES string of the molecule is CC1CC(C(=O)O)CN(C(=O)C2(c3cccc(Br)c3)CC2)C1. The molecule has 1 heterocycles. The molecule has 0 bridgehead atoms. The summed E-state index contributed by atoms with van der Waals surface area (Å²) in [6.07, 6.45) is 2.36. The van der Waals surface area contributed by atoms with Crippen molar-refractivity contribution in [1.29, 1.82) is 0 Å². The smallest absolute Gasteiger partial charge is 0.308 e. The number of carbonyl (C=O) groups excluding carboxylic acids is 1. The second kappa shape index (κ2) is 5.69. The summed E-state index contributed by atoms with van der Waals surface area (Å²) in [7, 11) is 0. The molecule has 1 saturated carbocycles. The number of carbonyl (C=O) groups is 2. The van der Waals surface area contributed by atoms with Gasteiger partial charge in [0.05, 0.1) is 11.3 Å². The molecule has 1 aliphatic heterocycles. The lowest BCUT2D eigenvalue weighted by Gasteiger charge is -2.37. The molecule has 1 aliphatic carbocycles. The Morgan fingerprint density at radius 2 is 2.05 bits per heavy atom. The summed E-state index contributed by atoms with van der Waals surface area (Å²) in [6, 6.07) is 7.91. The second-order valence-corrected chi connectivity index (χ2v) is 7.59. The Morgan fingerprint density at radius 1 is 1.32 bits per heavy atom. The second-order valence-electron chi connectivity index (χ2n) is 6.68. The summed E-state index contributed by atoms with van der Waals surface area (Å²) in [5.74, 6) is -0.900. The quantitative estimate of drug-likeness (QED) is 0.895. The maximum atomic E-state index is 13.0. The monoisotopic (exact) mass is 365 g/mol. The van der Waals surface area contributed by atoms with Crippen LogP contribution in [0.15, 0.2) is 28.7 Å². The number of carboxylic acids is 1. The highest BCUT2D eigenvalue weighted by Gasteiger charge is 2.53. The lowest BCUT2D eigenvalue weighted by Crippen LogP contribution is -2.49. The van der Waals surface area contributed by atoms with E-state index in [0.717, 1.165) is 22.9 Å². The van der Waals surface area contributed by atoms with Gasteiger partial charge in [-0.2, -0.15) is 0 Å². The highest BCUT2D eigenvalue weighted by Crippen LogP contribution is 2.50. The Bertz CT molecular complexity index is 612. The summed E-state index contributed by atoms with van der Waals surface area (Å²) in [5.41, 5.74) is 0.612. The first-order chi connectivity index (χ1) is 10.4. The van der Waals surface area contributed by atoms with Gasteiger partial charge in [-0.25, -0.2) is 0 Å². The third kappa shape index (κ3) is 2.78. The van der Waals surface area contributed by atoms with E-state index in [1.165, 1.54) is 0 Å². The Balaban J connectivity index is 1.82. The molecule has 0 spiro atoms. The summed E-state index contributed by atoms with van der Waals surface area (Å²) in [6.45, 7) is 3.03. The van der Waals surface area contributed by atoms with Crippen LogP contribution in [0.4, 0.5) is 0 Å². The van der Waals surface area contributed by atoms with Crippen molar-refractivity contribution >= 4 is 27.8 Å². The van der Waals surface area contributed by atoms with E-state index in [4.69, 9.17) is 0 Å². The van der Waals surface area contributed by atoms with Gasteiger partial charge in [0.1, 0.15) is 0 Å². The molecular weight excluding hydrogens is 346 g/mol. The van der Waals surface area contributed by atoms with E-state index >= 15 is 0 Å². The maximum Gasteiger partial charge on any atom is 0.308 e. The molecule has 22 heavy (non-hydrogen) atoms. The number of aliphatic carboxylic acids is 1. The number of hydrogen-bond acceptors (Lipinski definition) is 2. The van der Waals surface area contributed by atoms with Crippen LogP contribution in [0.2, 0.25) is 0 Å². The van der Waals surface area contributed by atoms with E-state index in [9.17, 15) is 14.7 Å².